The third-order valence-electron chi connectivity index (χ3n) is 3.52. The van der Waals surface area contributed by atoms with Gasteiger partial charge in [-0.15, -0.1) is 0 Å². The van der Waals surface area contributed by atoms with E-state index in [2.05, 4.69) is 11.9 Å². The first-order valence-electron chi connectivity index (χ1n) is 5.29. The molecule has 0 unspecified atom stereocenters. The van der Waals surface area contributed by atoms with E-state index in [0.717, 1.165) is 39.0 Å². The summed E-state index contributed by atoms with van der Waals surface area (Å²) in [5.41, 5.74) is 0.480. The molecule has 0 atom stereocenters. The fourth-order valence-corrected chi connectivity index (χ4v) is 2.82. The average molecular weight is 204 g/mol. The summed E-state index contributed by atoms with van der Waals surface area (Å²) in [7, 11) is 2.12. The quantitative estimate of drug-likeness (QED) is 0.668. The van der Waals surface area contributed by atoms with E-state index in [4.69, 9.17) is 0 Å². The van der Waals surface area contributed by atoms with E-state index in [1.165, 1.54) is 0 Å². The number of rotatable bonds is 2. The summed E-state index contributed by atoms with van der Waals surface area (Å²) >= 11 is 0. The third-order valence-corrected chi connectivity index (χ3v) is 3.52. The minimum atomic E-state index is -2.17. The molecule has 0 radical (unpaired) electrons. The predicted octanol–water partition coefficient (Wildman–Crippen LogP) is 1.28. The van der Waals surface area contributed by atoms with Crippen molar-refractivity contribution in [2.24, 2.45) is 5.41 Å². The molecule has 2 heterocycles. The lowest BCUT2D eigenvalue weighted by molar-refractivity contribution is -0.0411. The summed E-state index contributed by atoms with van der Waals surface area (Å²) < 4.78 is 24.2. The maximum absolute atomic E-state index is 12.1. The maximum atomic E-state index is 12.1. The number of piperidine rings is 1. The lowest BCUT2D eigenvalue weighted by Gasteiger charge is -2.53. The normalized spacial score (nSPS) is 28.3. The van der Waals surface area contributed by atoms with Gasteiger partial charge in [0.15, 0.2) is 0 Å². The largest absolute Gasteiger partial charge is 0.305 e. The minimum absolute atomic E-state index is 0.0358. The molecule has 2 aliphatic heterocycles. The average Bonchev–Trinajstić information content (AvgIpc) is 2.05. The predicted molar refractivity (Wildman–Crippen MR) is 51.6 cm³/mol. The highest BCUT2D eigenvalue weighted by molar-refractivity contribution is 4.96. The lowest BCUT2D eigenvalue weighted by Crippen LogP contribution is -2.58. The molecule has 0 amide bonds. The van der Waals surface area contributed by atoms with Gasteiger partial charge in [0.1, 0.15) is 0 Å². The van der Waals surface area contributed by atoms with Gasteiger partial charge in [0.25, 0.3) is 6.43 Å². The molecule has 0 aliphatic carbocycles. The maximum Gasteiger partial charge on any atom is 0.251 e. The number of likely N-dealkylation sites (tertiary alicyclic amines) is 2. The Labute approximate surface area is 83.9 Å². The van der Waals surface area contributed by atoms with Crippen LogP contribution in [0.1, 0.15) is 12.8 Å². The van der Waals surface area contributed by atoms with E-state index >= 15 is 0 Å². The van der Waals surface area contributed by atoms with Crippen LogP contribution in [0.25, 0.3) is 0 Å². The van der Waals surface area contributed by atoms with Crippen molar-refractivity contribution < 1.29 is 8.78 Å². The van der Waals surface area contributed by atoms with Gasteiger partial charge >= 0.3 is 0 Å². The summed E-state index contributed by atoms with van der Waals surface area (Å²) in [5.74, 6) is 0. The molecule has 0 saturated carbocycles. The number of hydrogen-bond donors (Lipinski definition) is 0. The smallest absolute Gasteiger partial charge is 0.251 e. The zero-order valence-electron chi connectivity index (χ0n) is 8.68. The second kappa shape index (κ2) is 3.74. The van der Waals surface area contributed by atoms with E-state index in [-0.39, 0.29) is 6.54 Å². The Bertz CT molecular complexity index is 192. The zero-order valence-corrected chi connectivity index (χ0v) is 8.68. The van der Waals surface area contributed by atoms with Crippen molar-refractivity contribution in [1.29, 1.82) is 0 Å². The Balaban J connectivity index is 1.75. The highest BCUT2D eigenvalue weighted by Gasteiger charge is 2.43. The molecule has 82 valence electrons. The van der Waals surface area contributed by atoms with Gasteiger partial charge in [-0.25, -0.2) is 8.78 Å². The van der Waals surface area contributed by atoms with Gasteiger partial charge in [-0.05, 0) is 38.4 Å². The van der Waals surface area contributed by atoms with E-state index < -0.39 is 6.43 Å². The Morgan fingerprint density at radius 1 is 1.21 bits per heavy atom. The van der Waals surface area contributed by atoms with Crippen LogP contribution in [0.3, 0.4) is 0 Å². The van der Waals surface area contributed by atoms with Crippen molar-refractivity contribution in [3.63, 3.8) is 0 Å². The molecule has 0 aromatic heterocycles. The highest BCUT2D eigenvalue weighted by atomic mass is 19.3. The first kappa shape index (κ1) is 10.3. The van der Waals surface area contributed by atoms with E-state index in [0.29, 0.717) is 5.41 Å². The summed E-state index contributed by atoms with van der Waals surface area (Å²) in [5, 5.41) is 0. The molecule has 14 heavy (non-hydrogen) atoms. The van der Waals surface area contributed by atoms with Crippen LogP contribution in [-0.4, -0.2) is 56.0 Å². The topological polar surface area (TPSA) is 6.48 Å². The van der Waals surface area contributed by atoms with Crippen molar-refractivity contribution >= 4 is 0 Å². The Morgan fingerprint density at radius 2 is 1.79 bits per heavy atom. The van der Waals surface area contributed by atoms with Crippen molar-refractivity contribution in [3.05, 3.63) is 0 Å². The van der Waals surface area contributed by atoms with Crippen LogP contribution >= 0.6 is 0 Å². The van der Waals surface area contributed by atoms with Gasteiger partial charge in [0.05, 0.1) is 6.54 Å². The molecular weight excluding hydrogens is 186 g/mol. The van der Waals surface area contributed by atoms with Gasteiger partial charge in [-0.3, -0.25) is 4.90 Å². The molecule has 4 heteroatoms. The SMILES string of the molecule is CN1CC2(CCN(CC(F)F)CC2)C1. The molecule has 0 bridgehead atoms. The van der Waals surface area contributed by atoms with Gasteiger partial charge in [-0.1, -0.05) is 0 Å². The Kier molecular flexibility index (Phi) is 2.75. The molecule has 2 rings (SSSR count). The van der Waals surface area contributed by atoms with E-state index in [9.17, 15) is 8.78 Å². The second-order valence-electron chi connectivity index (χ2n) is 4.86. The Morgan fingerprint density at radius 3 is 2.21 bits per heavy atom. The third kappa shape index (κ3) is 2.06. The monoisotopic (exact) mass is 204 g/mol. The van der Waals surface area contributed by atoms with E-state index in [1.54, 1.807) is 0 Å². The van der Waals surface area contributed by atoms with Gasteiger partial charge in [0, 0.05) is 13.1 Å². The van der Waals surface area contributed by atoms with Crippen molar-refractivity contribution in [1.82, 2.24) is 9.80 Å². The van der Waals surface area contributed by atoms with Crippen LogP contribution in [0.5, 0.6) is 0 Å². The van der Waals surface area contributed by atoms with Crippen molar-refractivity contribution in [2.75, 3.05) is 39.8 Å². The molecule has 2 fully saturated rings. The fourth-order valence-electron chi connectivity index (χ4n) is 2.82. The zero-order chi connectivity index (χ0) is 10.2. The lowest BCUT2D eigenvalue weighted by atomic mass is 9.72. The van der Waals surface area contributed by atoms with Gasteiger partial charge in [0.2, 0.25) is 0 Å². The molecular formula is C10H18F2N2. The molecule has 2 saturated heterocycles. The number of halogens is 2. The van der Waals surface area contributed by atoms with Gasteiger partial charge < -0.3 is 4.90 Å². The summed E-state index contributed by atoms with van der Waals surface area (Å²) in [6, 6.07) is 0. The number of nitrogens with zero attached hydrogens (tertiary/aromatic N) is 2. The van der Waals surface area contributed by atoms with Crippen LogP contribution < -0.4 is 0 Å². The summed E-state index contributed by atoms with van der Waals surface area (Å²) in [6.45, 7) is 4.01. The van der Waals surface area contributed by atoms with Crippen molar-refractivity contribution in [3.8, 4) is 0 Å². The van der Waals surface area contributed by atoms with Crippen LogP contribution in [0.2, 0.25) is 0 Å². The molecule has 2 aliphatic rings. The molecule has 0 N–H and O–H groups in total. The first-order valence-corrected chi connectivity index (χ1v) is 5.29. The number of hydrogen-bond acceptors (Lipinski definition) is 2. The van der Waals surface area contributed by atoms with Crippen LogP contribution in [0, 0.1) is 5.41 Å². The molecule has 0 aromatic carbocycles. The molecule has 1 spiro atoms. The summed E-state index contributed by atoms with van der Waals surface area (Å²) in [6.07, 6.45) is 0.0295. The fraction of sp³-hybridized carbons (Fsp3) is 1.00. The molecule has 0 aromatic rings. The van der Waals surface area contributed by atoms with Crippen LogP contribution in [0.15, 0.2) is 0 Å². The second-order valence-corrected chi connectivity index (χ2v) is 4.86. The molecule has 2 nitrogen and oxygen atoms in total. The van der Waals surface area contributed by atoms with E-state index in [1.807, 2.05) is 4.90 Å². The number of alkyl halides is 2. The summed E-state index contributed by atoms with van der Waals surface area (Å²) in [4.78, 5) is 4.21. The first-order chi connectivity index (χ1) is 6.60. The van der Waals surface area contributed by atoms with Gasteiger partial charge in [-0.2, -0.15) is 0 Å². The van der Waals surface area contributed by atoms with Crippen LogP contribution in [-0.2, 0) is 0 Å². The minimum Gasteiger partial charge on any atom is -0.305 e. The van der Waals surface area contributed by atoms with Crippen LogP contribution in [0.4, 0.5) is 8.78 Å². The highest BCUT2D eigenvalue weighted by Crippen LogP contribution is 2.39. The Hall–Kier alpha value is -0.220. The van der Waals surface area contributed by atoms with Crippen molar-refractivity contribution in [2.45, 2.75) is 19.3 Å². The standard InChI is InChI=1S/C10H18F2N2/c1-13-7-10(8-13)2-4-14(5-3-10)6-9(11)12/h9H,2-8H2,1H3.